The Hall–Kier alpha value is -1.32. The Bertz CT molecular complexity index is 320. The van der Waals surface area contributed by atoms with Gasteiger partial charge in [0.25, 0.3) is 0 Å². The van der Waals surface area contributed by atoms with Crippen LogP contribution in [-0.4, -0.2) is 41.8 Å². The minimum Gasteiger partial charge on any atom is -0.460 e. The summed E-state index contributed by atoms with van der Waals surface area (Å²) in [6, 6.07) is 0. The van der Waals surface area contributed by atoms with Gasteiger partial charge in [-0.1, -0.05) is 6.58 Å². The Balaban J connectivity index is 4.87. The summed E-state index contributed by atoms with van der Waals surface area (Å²) < 4.78 is 89.7. The highest BCUT2D eigenvalue weighted by molar-refractivity contribution is 5.81. The summed E-state index contributed by atoms with van der Waals surface area (Å²) in [5, 5.41) is 8.90. The maximum absolute atomic E-state index is 13.1. The molecule has 112 valence electrons. The van der Waals surface area contributed by atoms with Gasteiger partial charge >= 0.3 is 24.0 Å². The van der Waals surface area contributed by atoms with Crippen LogP contribution in [0.15, 0.2) is 12.7 Å². The second kappa shape index (κ2) is 5.76. The van der Waals surface area contributed by atoms with Crippen molar-refractivity contribution < 1.29 is 45.4 Å². The van der Waals surface area contributed by atoms with E-state index >= 15 is 0 Å². The van der Waals surface area contributed by atoms with E-state index in [0.717, 1.165) is 0 Å². The van der Waals surface area contributed by atoms with E-state index in [0.29, 0.717) is 6.08 Å². The van der Waals surface area contributed by atoms with E-state index < -0.39 is 43.1 Å². The average molecular weight is 298 g/mol. The predicted octanol–water partition coefficient (Wildman–Crippen LogP) is 2.30. The van der Waals surface area contributed by atoms with Crippen LogP contribution in [0.3, 0.4) is 0 Å². The molecule has 0 heterocycles. The molecule has 0 rings (SSSR count). The highest BCUT2D eigenvalue weighted by Crippen LogP contribution is 2.48. The molecule has 1 atom stereocenters. The number of carbonyl (C=O) groups excluding carboxylic acids is 1. The van der Waals surface area contributed by atoms with Gasteiger partial charge in [-0.05, 0) is 0 Å². The molecule has 19 heavy (non-hydrogen) atoms. The van der Waals surface area contributed by atoms with Gasteiger partial charge in [0.05, 0.1) is 6.10 Å². The van der Waals surface area contributed by atoms with Crippen molar-refractivity contribution >= 4 is 5.97 Å². The molecule has 1 N–H and O–H groups in total. The first-order valence-corrected chi connectivity index (χ1v) is 4.64. The molecule has 0 fully saturated rings. The molecule has 0 aromatic carbocycles. The smallest absolute Gasteiger partial charge is 0.431 e. The van der Waals surface area contributed by atoms with Crippen molar-refractivity contribution in [3.63, 3.8) is 0 Å². The highest BCUT2D eigenvalue weighted by atomic mass is 19.4. The second-order valence-corrected chi connectivity index (χ2v) is 3.49. The number of aliphatic hydroxyl groups excluding tert-OH is 1. The number of aliphatic hydroxyl groups is 1. The monoisotopic (exact) mass is 298 g/mol. The topological polar surface area (TPSA) is 46.5 Å². The van der Waals surface area contributed by atoms with Crippen LogP contribution in [0.2, 0.25) is 0 Å². The number of carbonyl (C=O) groups is 1. The standard InChI is InChI=1S/C9H9F7O3/c1-2-6(18)19-4-5(17)3-7(10,8(11,12)13)9(14,15)16/h2,5,17H,1,3-4H2. The molecule has 0 aromatic rings. The van der Waals surface area contributed by atoms with Gasteiger partial charge in [0.1, 0.15) is 6.61 Å². The van der Waals surface area contributed by atoms with Crippen molar-refractivity contribution in [1.82, 2.24) is 0 Å². The minimum absolute atomic E-state index is 0.572. The average Bonchev–Trinajstić information content (AvgIpc) is 2.22. The number of hydrogen-bond acceptors (Lipinski definition) is 3. The fraction of sp³-hybridized carbons (Fsp3) is 0.667. The van der Waals surface area contributed by atoms with Crippen molar-refractivity contribution in [2.24, 2.45) is 0 Å². The molecule has 0 saturated heterocycles. The van der Waals surface area contributed by atoms with E-state index in [1.807, 2.05) is 0 Å². The lowest BCUT2D eigenvalue weighted by Crippen LogP contribution is -2.55. The third-order valence-corrected chi connectivity index (χ3v) is 2.00. The van der Waals surface area contributed by atoms with Crippen molar-refractivity contribution in [3.05, 3.63) is 12.7 Å². The third-order valence-electron chi connectivity index (χ3n) is 2.00. The zero-order valence-corrected chi connectivity index (χ0v) is 9.19. The Kier molecular flexibility index (Phi) is 5.36. The van der Waals surface area contributed by atoms with Crippen LogP contribution in [-0.2, 0) is 9.53 Å². The first-order chi connectivity index (χ1) is 8.35. The molecule has 0 aliphatic heterocycles. The van der Waals surface area contributed by atoms with Crippen LogP contribution < -0.4 is 0 Å². The molecule has 0 bridgehead atoms. The minimum atomic E-state index is -6.26. The summed E-state index contributed by atoms with van der Waals surface area (Å²) in [4.78, 5) is 10.5. The number of rotatable bonds is 5. The van der Waals surface area contributed by atoms with Gasteiger partial charge in [0, 0.05) is 12.5 Å². The fourth-order valence-corrected chi connectivity index (χ4v) is 1.01. The maximum Gasteiger partial charge on any atom is 0.431 e. The summed E-state index contributed by atoms with van der Waals surface area (Å²) >= 11 is 0. The van der Waals surface area contributed by atoms with Gasteiger partial charge in [0.15, 0.2) is 0 Å². The van der Waals surface area contributed by atoms with Crippen LogP contribution in [0.4, 0.5) is 30.7 Å². The lowest BCUT2D eigenvalue weighted by atomic mass is 9.97. The molecule has 0 amide bonds. The zero-order valence-electron chi connectivity index (χ0n) is 9.19. The van der Waals surface area contributed by atoms with Gasteiger partial charge in [-0.25, -0.2) is 9.18 Å². The summed E-state index contributed by atoms with van der Waals surface area (Å²) in [6.45, 7) is 1.68. The van der Waals surface area contributed by atoms with Crippen LogP contribution in [0, 0.1) is 0 Å². The Labute approximate surface area is 102 Å². The quantitative estimate of drug-likeness (QED) is 0.481. The molecule has 10 heteroatoms. The van der Waals surface area contributed by atoms with Gasteiger partial charge in [-0.3, -0.25) is 0 Å². The lowest BCUT2D eigenvalue weighted by molar-refractivity contribution is -0.347. The van der Waals surface area contributed by atoms with Crippen LogP contribution in [0.5, 0.6) is 0 Å². The molecule has 0 aliphatic rings. The molecule has 0 saturated carbocycles. The van der Waals surface area contributed by atoms with Crippen LogP contribution in [0.25, 0.3) is 0 Å². The maximum atomic E-state index is 13.1. The summed E-state index contributed by atoms with van der Waals surface area (Å²) in [5.41, 5.74) is -5.58. The molecular formula is C9H9F7O3. The lowest BCUT2D eigenvalue weighted by Gasteiger charge is -2.31. The molecule has 0 aromatic heterocycles. The van der Waals surface area contributed by atoms with E-state index in [1.54, 1.807) is 0 Å². The second-order valence-electron chi connectivity index (χ2n) is 3.49. The third kappa shape index (κ3) is 4.37. The van der Waals surface area contributed by atoms with Crippen molar-refractivity contribution in [1.29, 1.82) is 0 Å². The highest BCUT2D eigenvalue weighted by Gasteiger charge is 2.72. The predicted molar refractivity (Wildman–Crippen MR) is 47.7 cm³/mol. The van der Waals surface area contributed by atoms with E-state index in [4.69, 9.17) is 5.11 Å². The Morgan fingerprint density at radius 1 is 1.16 bits per heavy atom. The number of alkyl halides is 7. The van der Waals surface area contributed by atoms with Gasteiger partial charge in [-0.15, -0.1) is 0 Å². The molecular weight excluding hydrogens is 289 g/mol. The molecule has 3 nitrogen and oxygen atoms in total. The van der Waals surface area contributed by atoms with Crippen molar-refractivity contribution in [2.75, 3.05) is 6.61 Å². The van der Waals surface area contributed by atoms with Crippen molar-refractivity contribution in [3.8, 4) is 0 Å². The van der Waals surface area contributed by atoms with E-state index in [-0.39, 0.29) is 0 Å². The molecule has 1 unspecified atom stereocenters. The van der Waals surface area contributed by atoms with Gasteiger partial charge in [-0.2, -0.15) is 26.3 Å². The number of hydrogen-bond donors (Lipinski definition) is 1. The molecule has 0 spiro atoms. The first-order valence-electron chi connectivity index (χ1n) is 4.64. The normalized spacial score (nSPS) is 14.9. The Morgan fingerprint density at radius 3 is 1.89 bits per heavy atom. The van der Waals surface area contributed by atoms with Crippen LogP contribution >= 0.6 is 0 Å². The summed E-state index contributed by atoms with van der Waals surface area (Å²) in [6.07, 6.45) is -16.7. The van der Waals surface area contributed by atoms with E-state index in [2.05, 4.69) is 11.3 Å². The first kappa shape index (κ1) is 17.7. The number of ether oxygens (including phenoxy) is 1. The van der Waals surface area contributed by atoms with Crippen LogP contribution in [0.1, 0.15) is 6.42 Å². The van der Waals surface area contributed by atoms with Gasteiger partial charge in [0.2, 0.25) is 0 Å². The summed E-state index contributed by atoms with van der Waals surface area (Å²) in [7, 11) is 0. The SMILES string of the molecule is C=CC(=O)OCC(O)CC(F)(C(F)(F)F)C(F)(F)F. The number of halogens is 7. The van der Waals surface area contributed by atoms with Gasteiger partial charge < -0.3 is 9.84 Å². The van der Waals surface area contributed by atoms with E-state index in [9.17, 15) is 35.5 Å². The van der Waals surface area contributed by atoms with Crippen molar-refractivity contribution in [2.45, 2.75) is 30.5 Å². The zero-order chi connectivity index (χ0) is 15.5. The fourth-order valence-electron chi connectivity index (χ4n) is 1.01. The molecule has 0 radical (unpaired) electrons. The number of esters is 1. The van der Waals surface area contributed by atoms with E-state index in [1.165, 1.54) is 0 Å². The largest absolute Gasteiger partial charge is 0.460 e. The Morgan fingerprint density at radius 2 is 1.58 bits per heavy atom. The summed E-state index contributed by atoms with van der Waals surface area (Å²) in [5.74, 6) is -1.18. The molecule has 0 aliphatic carbocycles.